The van der Waals surface area contributed by atoms with Crippen LogP contribution in [-0.2, 0) is 5.41 Å². The van der Waals surface area contributed by atoms with Gasteiger partial charge in [0, 0.05) is 99.9 Å². The van der Waals surface area contributed by atoms with Gasteiger partial charge in [-0.25, -0.2) is 4.85 Å². The molecule has 1 aliphatic carbocycles. The summed E-state index contributed by atoms with van der Waals surface area (Å²) in [6, 6.07) is 99.6. The minimum atomic E-state index is -1.09. The third kappa shape index (κ3) is 6.83. The molecule has 438 valence electrons. The topological polar surface area (TPSA) is 87.8 Å². The van der Waals surface area contributed by atoms with Gasteiger partial charge in [-0.2, -0.15) is 5.26 Å². The summed E-state index contributed by atoms with van der Waals surface area (Å²) < 4.78 is 19.4. The van der Waals surface area contributed by atoms with Crippen molar-refractivity contribution in [3.63, 3.8) is 0 Å². The Morgan fingerprint density at radius 1 is 0.316 bits per heavy atom. The highest BCUT2D eigenvalue weighted by molar-refractivity contribution is 6.15. The summed E-state index contributed by atoms with van der Waals surface area (Å²) in [4.78, 5) is 15.1. The molecule has 1 atom stereocenters. The van der Waals surface area contributed by atoms with E-state index in [0.29, 0.717) is 22.7 Å². The minimum absolute atomic E-state index is 0.587. The molecule has 0 N–H and O–H groups in total. The van der Waals surface area contributed by atoms with Gasteiger partial charge in [0.1, 0.15) is 11.5 Å². The number of nitriles is 1. The minimum Gasteiger partial charge on any atom is -0.457 e. The Morgan fingerprint density at radius 3 is 1.05 bits per heavy atom. The van der Waals surface area contributed by atoms with Gasteiger partial charge in [-0.15, -0.1) is 0 Å². The van der Waals surface area contributed by atoms with Crippen LogP contribution in [0.4, 0.5) is 5.69 Å². The number of nitrogens with zero attached hydrogens (tertiary/aromatic N) is 9. The van der Waals surface area contributed by atoms with Gasteiger partial charge in [-0.1, -0.05) is 146 Å². The van der Waals surface area contributed by atoms with Crippen LogP contribution in [0.15, 0.2) is 285 Å². The zero-order valence-corrected chi connectivity index (χ0v) is 50.6. The second kappa shape index (κ2) is 18.9. The third-order valence-corrected chi connectivity index (χ3v) is 20.4. The van der Waals surface area contributed by atoms with Crippen LogP contribution >= 0.6 is 0 Å². The highest BCUT2D eigenvalue weighted by Gasteiger charge is 2.53. The molecule has 0 saturated carbocycles. The number of hydrogen-bond donors (Lipinski definition) is 0. The van der Waals surface area contributed by atoms with Crippen molar-refractivity contribution in [3.05, 3.63) is 325 Å². The van der Waals surface area contributed by atoms with Crippen LogP contribution in [0.2, 0.25) is 0 Å². The van der Waals surface area contributed by atoms with Crippen molar-refractivity contribution in [3.8, 4) is 57.4 Å². The van der Waals surface area contributed by atoms with Crippen molar-refractivity contribution in [2.75, 3.05) is 0 Å². The van der Waals surface area contributed by atoms with E-state index in [0.717, 1.165) is 160 Å². The predicted octanol–water partition coefficient (Wildman–Crippen LogP) is 20.9. The lowest BCUT2D eigenvalue weighted by Crippen LogP contribution is -2.32. The van der Waals surface area contributed by atoms with Crippen molar-refractivity contribution < 1.29 is 4.74 Å². The number of hydrogen-bond acceptors (Lipinski definition) is 4. The number of rotatable bonds is 5. The molecule has 0 bridgehead atoms. The Morgan fingerprint density at radius 2 is 0.642 bits per heavy atom. The van der Waals surface area contributed by atoms with Crippen molar-refractivity contribution >= 4 is 115 Å². The quantitative estimate of drug-likeness (QED) is 0.161. The van der Waals surface area contributed by atoms with Crippen LogP contribution in [0, 0.1) is 17.9 Å². The number of para-hydroxylation sites is 7. The Kier molecular flexibility index (Phi) is 10.2. The average molecular weight is 1210 g/mol. The molecule has 2 aliphatic rings. The van der Waals surface area contributed by atoms with E-state index < -0.39 is 5.41 Å². The number of fused-ring (bicyclic) bond motifs is 24. The van der Waals surface area contributed by atoms with Crippen molar-refractivity contribution in [1.82, 2.24) is 32.8 Å². The molecule has 19 aromatic rings. The first-order valence-corrected chi connectivity index (χ1v) is 31.9. The highest BCUT2D eigenvalue weighted by atomic mass is 16.5. The lowest BCUT2D eigenvalue weighted by atomic mass is 9.66. The first-order chi connectivity index (χ1) is 47.0. The molecule has 1 unspecified atom stereocenters. The van der Waals surface area contributed by atoms with Gasteiger partial charge >= 0.3 is 0 Å². The molecule has 0 amide bonds. The Balaban J connectivity index is 0.857. The Bertz CT molecular complexity index is 6650. The van der Waals surface area contributed by atoms with Crippen LogP contribution in [0.3, 0.4) is 0 Å². The summed E-state index contributed by atoms with van der Waals surface area (Å²) in [6.45, 7) is 8.01. The molecule has 7 aromatic heterocycles. The zero-order valence-electron chi connectivity index (χ0n) is 50.6. The largest absolute Gasteiger partial charge is 0.457 e. The number of aromatic nitrogens is 7. The molecule has 10 heteroatoms. The van der Waals surface area contributed by atoms with Gasteiger partial charge in [0.25, 0.3) is 0 Å². The summed E-state index contributed by atoms with van der Waals surface area (Å²) in [5, 5.41) is 21.3. The fourth-order valence-electron chi connectivity index (χ4n) is 16.6. The lowest BCUT2D eigenvalue weighted by Gasteiger charge is -2.39. The molecular formula is C85H47N9O. The predicted molar refractivity (Wildman–Crippen MR) is 382 cm³/mol. The molecule has 12 aromatic carbocycles. The monoisotopic (exact) mass is 1210 g/mol. The summed E-state index contributed by atoms with van der Waals surface area (Å²) in [7, 11) is 0. The third-order valence-electron chi connectivity index (χ3n) is 20.4. The Hall–Kier alpha value is -13.3. The Labute approximate surface area is 541 Å². The number of ether oxygens (including phenoxy) is 1. The van der Waals surface area contributed by atoms with E-state index in [1.54, 1.807) is 0 Å². The molecule has 8 heterocycles. The van der Waals surface area contributed by atoms with E-state index >= 15 is 0 Å². The molecule has 0 saturated heterocycles. The summed E-state index contributed by atoms with van der Waals surface area (Å²) in [5.41, 5.74) is 20.8. The fraction of sp³-hybridized carbons (Fsp3) is 0.0118. The molecule has 95 heavy (non-hydrogen) atoms. The van der Waals surface area contributed by atoms with E-state index in [1.165, 1.54) is 10.8 Å². The van der Waals surface area contributed by atoms with Gasteiger partial charge in [0.15, 0.2) is 5.69 Å². The van der Waals surface area contributed by atoms with E-state index in [9.17, 15) is 5.26 Å². The maximum Gasteiger partial charge on any atom is 0.188 e. The molecule has 21 rings (SSSR count). The van der Waals surface area contributed by atoms with E-state index in [4.69, 9.17) is 21.3 Å². The van der Waals surface area contributed by atoms with Gasteiger partial charge in [-0.3, -0.25) is 9.97 Å². The first kappa shape index (κ1) is 51.5. The second-order valence-electron chi connectivity index (χ2n) is 25.0. The normalized spacial score (nSPS) is 14.0. The average Bonchev–Trinajstić information content (AvgIpc) is 1.57. The van der Waals surface area contributed by atoms with Crippen LogP contribution in [0.1, 0.15) is 27.8 Å². The maximum atomic E-state index is 10.2. The van der Waals surface area contributed by atoms with Crippen molar-refractivity contribution in [2.45, 2.75) is 5.41 Å². The van der Waals surface area contributed by atoms with Crippen LogP contribution in [-0.4, -0.2) is 32.8 Å². The first-order valence-electron chi connectivity index (χ1n) is 31.9. The van der Waals surface area contributed by atoms with Gasteiger partial charge in [-0.05, 0) is 121 Å². The molecular weight excluding hydrogens is 1160 g/mol. The lowest BCUT2D eigenvalue weighted by molar-refractivity contribution is 0.436. The van der Waals surface area contributed by atoms with E-state index in [1.807, 2.05) is 36.7 Å². The zero-order chi connectivity index (χ0) is 62.4. The van der Waals surface area contributed by atoms with Crippen LogP contribution < -0.4 is 4.74 Å². The van der Waals surface area contributed by atoms with Gasteiger partial charge in [0.05, 0.1) is 114 Å². The highest BCUT2D eigenvalue weighted by Crippen LogP contribution is 2.63. The fourth-order valence-corrected chi connectivity index (χ4v) is 16.6. The number of benzene rings is 12. The van der Waals surface area contributed by atoms with Crippen LogP contribution in [0.5, 0.6) is 11.5 Å². The van der Waals surface area contributed by atoms with E-state index in [-0.39, 0.29) is 0 Å². The van der Waals surface area contributed by atoms with Crippen LogP contribution in [0.25, 0.3) is 154 Å². The molecule has 1 aliphatic heterocycles. The van der Waals surface area contributed by atoms with E-state index in [2.05, 4.69) is 282 Å². The molecule has 10 nitrogen and oxygen atoms in total. The standard InChI is InChI=1S/C85H47N9O/c1-87-51-31-38-79-65(41-51)62-21-7-13-27-75(62)91(79)53-32-35-67-81(45-53)95-82-46-54(92-76-28-14-8-22-63(76)66-42-52(34-39-80(66)92)90-71-23-9-2-16-57(71)58-17-3-10-24-72(58)90)33-36-68(82)85(67)69-43-55(93-73-25-11-4-18-59(73)60-19-5-12-26-74(60)93)48-88-83(69)84-70(85)44-56(49-89-84)94-77-29-15-6-20-61(77)64-40-50(47-86)30-37-78(64)94/h2-46,48-49H. The SMILES string of the molecule is [C-]#[N+]c1ccc2c(c1)c1ccccc1n2-c1ccc2c(c1)Oc1cc(-n3c4ccccc4c4cc(-n5c6ccccc6c6ccccc65)ccc43)ccc1C21c2cc(-n3c4ccccc4c4ccccc43)cnc2-c2ncc(-n3c4ccccc4c4cc(C#N)ccc43)cc21. The second-order valence-corrected chi connectivity index (χ2v) is 25.0. The summed E-state index contributed by atoms with van der Waals surface area (Å²) in [6.07, 6.45) is 4.00. The molecule has 0 fully saturated rings. The molecule has 0 radical (unpaired) electrons. The van der Waals surface area contributed by atoms with Crippen molar-refractivity contribution in [2.24, 2.45) is 0 Å². The van der Waals surface area contributed by atoms with Gasteiger partial charge in [0.2, 0.25) is 0 Å². The molecule has 1 spiro atoms. The summed E-state index contributed by atoms with van der Waals surface area (Å²) >= 11 is 0. The maximum absolute atomic E-state index is 10.2. The smallest absolute Gasteiger partial charge is 0.188 e. The van der Waals surface area contributed by atoms with Gasteiger partial charge < -0.3 is 27.6 Å². The number of pyridine rings is 2. The van der Waals surface area contributed by atoms with Crippen molar-refractivity contribution in [1.29, 1.82) is 5.26 Å². The summed E-state index contributed by atoms with van der Waals surface area (Å²) in [5.74, 6) is 1.37.